The third-order valence-electron chi connectivity index (χ3n) is 1.66. The van der Waals surface area contributed by atoms with Crippen molar-refractivity contribution in [2.45, 2.75) is 25.7 Å². The topological polar surface area (TPSA) is 49.7 Å². The molecule has 9 heavy (non-hydrogen) atoms. The van der Waals surface area contributed by atoms with Crippen molar-refractivity contribution in [2.24, 2.45) is 5.92 Å². The molecule has 0 aromatic rings. The normalized spacial score (nSPS) is 43.7. The van der Waals surface area contributed by atoms with Crippen molar-refractivity contribution in [1.29, 1.82) is 0 Å². The van der Waals surface area contributed by atoms with Gasteiger partial charge in [0.05, 0.1) is 12.7 Å². The lowest BCUT2D eigenvalue weighted by atomic mass is 10.1. The Balaban J connectivity index is 2.35. The maximum atomic E-state index is 8.97. The molecule has 54 valence electrons. The maximum absolute atomic E-state index is 8.97. The first-order chi connectivity index (χ1) is 4.24. The Labute approximate surface area is 54.3 Å². The molecule has 0 saturated carbocycles. The Morgan fingerprint density at radius 1 is 1.67 bits per heavy atom. The van der Waals surface area contributed by atoms with Gasteiger partial charge in [0, 0.05) is 5.92 Å². The number of ether oxygens (including phenoxy) is 1. The summed E-state index contributed by atoms with van der Waals surface area (Å²) < 4.78 is 4.93. The average molecular weight is 132 g/mol. The molecular formula is C6H12O3. The first-order valence-corrected chi connectivity index (χ1v) is 3.18. The minimum absolute atomic E-state index is 0.0153. The van der Waals surface area contributed by atoms with Crippen LogP contribution >= 0.6 is 0 Å². The molecule has 1 aliphatic heterocycles. The summed E-state index contributed by atoms with van der Waals surface area (Å²) in [6.45, 7) is 1.92. The van der Waals surface area contributed by atoms with Crippen molar-refractivity contribution < 1.29 is 14.9 Å². The van der Waals surface area contributed by atoms with E-state index in [1.54, 1.807) is 0 Å². The Morgan fingerprint density at radius 2 is 2.33 bits per heavy atom. The van der Waals surface area contributed by atoms with Gasteiger partial charge in [-0.05, 0) is 6.42 Å². The van der Waals surface area contributed by atoms with E-state index in [0.29, 0.717) is 0 Å². The SMILES string of the molecule is C[C@H]1C[C@@H](CO)O[C@H]1O. The summed E-state index contributed by atoms with van der Waals surface area (Å²) >= 11 is 0. The Bertz CT molecular complexity index is 84.3. The van der Waals surface area contributed by atoms with Crippen LogP contribution in [0.3, 0.4) is 0 Å². The summed E-state index contributed by atoms with van der Waals surface area (Å²) in [5, 5.41) is 17.5. The first-order valence-electron chi connectivity index (χ1n) is 3.18. The summed E-state index contributed by atoms with van der Waals surface area (Å²) in [6.07, 6.45) is -0.0466. The second kappa shape index (κ2) is 2.64. The zero-order chi connectivity index (χ0) is 6.85. The summed E-state index contributed by atoms with van der Waals surface area (Å²) in [5.74, 6) is 0.169. The van der Waals surface area contributed by atoms with Crippen LogP contribution in [0.4, 0.5) is 0 Å². The van der Waals surface area contributed by atoms with Crippen molar-refractivity contribution >= 4 is 0 Å². The molecule has 1 saturated heterocycles. The second-order valence-electron chi connectivity index (χ2n) is 2.54. The molecule has 0 aromatic heterocycles. The van der Waals surface area contributed by atoms with E-state index < -0.39 is 6.29 Å². The van der Waals surface area contributed by atoms with E-state index in [1.807, 2.05) is 6.92 Å². The fourth-order valence-corrected chi connectivity index (χ4v) is 1.04. The van der Waals surface area contributed by atoms with Gasteiger partial charge in [-0.15, -0.1) is 0 Å². The first kappa shape index (κ1) is 6.99. The standard InChI is InChI=1S/C6H12O3/c1-4-2-5(3-7)9-6(4)8/h4-8H,2-3H2,1H3/t4-,5-,6+/m0/s1. The molecule has 1 rings (SSSR count). The van der Waals surface area contributed by atoms with Gasteiger partial charge in [-0.1, -0.05) is 6.92 Å². The number of rotatable bonds is 1. The Kier molecular flexibility index (Phi) is 2.05. The molecule has 1 aliphatic rings. The minimum Gasteiger partial charge on any atom is -0.394 e. The van der Waals surface area contributed by atoms with E-state index in [1.165, 1.54) is 0 Å². The van der Waals surface area contributed by atoms with Gasteiger partial charge >= 0.3 is 0 Å². The summed E-state index contributed by atoms with van der Waals surface area (Å²) in [7, 11) is 0. The van der Waals surface area contributed by atoms with Gasteiger partial charge in [0.1, 0.15) is 0 Å². The van der Waals surface area contributed by atoms with Gasteiger partial charge in [-0.25, -0.2) is 0 Å². The third kappa shape index (κ3) is 1.41. The highest BCUT2D eigenvalue weighted by Gasteiger charge is 2.29. The molecule has 0 aromatic carbocycles. The number of hydrogen-bond donors (Lipinski definition) is 2. The van der Waals surface area contributed by atoms with Crippen LogP contribution in [-0.2, 0) is 4.74 Å². The van der Waals surface area contributed by atoms with Gasteiger partial charge in [0.2, 0.25) is 0 Å². The molecule has 2 N–H and O–H groups in total. The fourth-order valence-electron chi connectivity index (χ4n) is 1.04. The number of aliphatic hydroxyl groups is 2. The molecule has 1 fully saturated rings. The van der Waals surface area contributed by atoms with Crippen LogP contribution in [-0.4, -0.2) is 29.2 Å². The van der Waals surface area contributed by atoms with Gasteiger partial charge in [-0.3, -0.25) is 0 Å². The minimum atomic E-state index is -0.665. The molecule has 3 atom stereocenters. The molecule has 0 unspecified atom stereocenters. The second-order valence-corrected chi connectivity index (χ2v) is 2.54. The summed E-state index contributed by atoms with van der Waals surface area (Å²) in [6, 6.07) is 0. The average Bonchev–Trinajstić information content (AvgIpc) is 2.13. The van der Waals surface area contributed by atoms with Crippen molar-refractivity contribution in [2.75, 3.05) is 6.61 Å². The molecule has 3 nitrogen and oxygen atoms in total. The maximum Gasteiger partial charge on any atom is 0.157 e. The molecule has 0 spiro atoms. The van der Waals surface area contributed by atoms with Crippen LogP contribution in [0.15, 0.2) is 0 Å². The largest absolute Gasteiger partial charge is 0.394 e. The fraction of sp³-hybridized carbons (Fsp3) is 1.00. The summed E-state index contributed by atoms with van der Waals surface area (Å²) in [4.78, 5) is 0. The Hall–Kier alpha value is -0.120. The Morgan fingerprint density at radius 3 is 2.56 bits per heavy atom. The molecular weight excluding hydrogens is 120 g/mol. The van der Waals surface area contributed by atoms with Crippen molar-refractivity contribution in [3.63, 3.8) is 0 Å². The smallest absolute Gasteiger partial charge is 0.157 e. The van der Waals surface area contributed by atoms with Crippen LogP contribution in [0.1, 0.15) is 13.3 Å². The van der Waals surface area contributed by atoms with E-state index in [2.05, 4.69) is 0 Å². The highest BCUT2D eigenvalue weighted by molar-refractivity contribution is 4.71. The van der Waals surface area contributed by atoms with Crippen LogP contribution in [0.5, 0.6) is 0 Å². The molecule has 0 amide bonds. The van der Waals surface area contributed by atoms with Crippen LogP contribution in [0.25, 0.3) is 0 Å². The molecule has 3 heteroatoms. The van der Waals surface area contributed by atoms with E-state index in [4.69, 9.17) is 14.9 Å². The van der Waals surface area contributed by atoms with E-state index in [0.717, 1.165) is 6.42 Å². The van der Waals surface area contributed by atoms with Gasteiger partial charge in [-0.2, -0.15) is 0 Å². The predicted molar refractivity (Wildman–Crippen MR) is 31.7 cm³/mol. The van der Waals surface area contributed by atoms with Crippen molar-refractivity contribution in [1.82, 2.24) is 0 Å². The van der Waals surface area contributed by atoms with Crippen LogP contribution in [0.2, 0.25) is 0 Å². The highest BCUT2D eigenvalue weighted by Crippen LogP contribution is 2.23. The molecule has 0 aliphatic carbocycles. The van der Waals surface area contributed by atoms with Gasteiger partial charge in [0.25, 0.3) is 0 Å². The third-order valence-corrected chi connectivity index (χ3v) is 1.66. The highest BCUT2D eigenvalue weighted by atomic mass is 16.6. The lowest BCUT2D eigenvalue weighted by Gasteiger charge is -2.05. The summed E-state index contributed by atoms with van der Waals surface area (Å²) in [5.41, 5.74) is 0. The van der Waals surface area contributed by atoms with Crippen molar-refractivity contribution in [3.05, 3.63) is 0 Å². The monoisotopic (exact) mass is 132 g/mol. The van der Waals surface area contributed by atoms with E-state index in [-0.39, 0.29) is 18.6 Å². The molecule has 1 heterocycles. The van der Waals surface area contributed by atoms with Gasteiger partial charge < -0.3 is 14.9 Å². The number of aliphatic hydroxyl groups excluding tert-OH is 2. The lowest BCUT2D eigenvalue weighted by Crippen LogP contribution is -2.14. The lowest BCUT2D eigenvalue weighted by molar-refractivity contribution is -0.114. The predicted octanol–water partition coefficient (Wildman–Crippen LogP) is -0.278. The van der Waals surface area contributed by atoms with Crippen LogP contribution < -0.4 is 0 Å². The number of hydrogen-bond acceptors (Lipinski definition) is 3. The molecule has 0 bridgehead atoms. The quantitative estimate of drug-likeness (QED) is 0.516. The van der Waals surface area contributed by atoms with E-state index >= 15 is 0 Å². The van der Waals surface area contributed by atoms with Gasteiger partial charge in [0.15, 0.2) is 6.29 Å². The van der Waals surface area contributed by atoms with E-state index in [9.17, 15) is 0 Å². The zero-order valence-corrected chi connectivity index (χ0v) is 5.45. The van der Waals surface area contributed by atoms with Crippen LogP contribution in [0, 0.1) is 5.92 Å². The van der Waals surface area contributed by atoms with Crippen molar-refractivity contribution in [3.8, 4) is 0 Å². The molecule has 0 radical (unpaired) electrons. The zero-order valence-electron chi connectivity index (χ0n) is 5.45.